The Bertz CT molecular complexity index is 304. The van der Waals surface area contributed by atoms with E-state index in [-0.39, 0.29) is 0 Å². The molecule has 0 radical (unpaired) electrons. The Hall–Kier alpha value is -0.890. The number of halogens is 1. The van der Waals surface area contributed by atoms with Crippen LogP contribution in [0.25, 0.3) is 0 Å². The molecule has 0 amide bonds. The van der Waals surface area contributed by atoms with Gasteiger partial charge in [0.2, 0.25) is 5.28 Å². The molecule has 13 heavy (non-hydrogen) atoms. The van der Waals surface area contributed by atoms with Crippen LogP contribution >= 0.6 is 11.6 Å². The van der Waals surface area contributed by atoms with Crippen molar-refractivity contribution < 1.29 is 0 Å². The van der Waals surface area contributed by atoms with E-state index in [1.54, 1.807) is 6.20 Å². The molecule has 70 valence electrons. The lowest BCUT2D eigenvalue weighted by atomic mass is 10.2. The van der Waals surface area contributed by atoms with Gasteiger partial charge in [0.15, 0.2) is 0 Å². The summed E-state index contributed by atoms with van der Waals surface area (Å²) in [6.07, 6.45) is 5.81. The van der Waals surface area contributed by atoms with Gasteiger partial charge in [-0.05, 0) is 44.4 Å². The van der Waals surface area contributed by atoms with E-state index in [0.29, 0.717) is 5.28 Å². The fraction of sp³-hybridized carbons (Fsp3) is 0.400. The molecule has 1 aromatic heterocycles. The zero-order chi connectivity index (χ0) is 9.68. The van der Waals surface area contributed by atoms with Crippen LogP contribution in [0.5, 0.6) is 0 Å². The van der Waals surface area contributed by atoms with Crippen molar-refractivity contribution >= 4 is 11.6 Å². The second kappa shape index (κ2) is 4.97. The van der Waals surface area contributed by atoms with Crippen molar-refractivity contribution in [2.45, 2.75) is 26.7 Å². The molecule has 2 nitrogen and oxygen atoms in total. The van der Waals surface area contributed by atoms with Gasteiger partial charge in [-0.3, -0.25) is 0 Å². The predicted octanol–water partition coefficient (Wildman–Crippen LogP) is 3.03. The highest BCUT2D eigenvalue weighted by atomic mass is 35.5. The van der Waals surface area contributed by atoms with Crippen LogP contribution in [0, 0.1) is 0 Å². The number of hydrogen-bond donors (Lipinski definition) is 0. The zero-order valence-electron chi connectivity index (χ0n) is 7.92. The van der Waals surface area contributed by atoms with Crippen LogP contribution < -0.4 is 0 Å². The van der Waals surface area contributed by atoms with Gasteiger partial charge in [-0.2, -0.15) is 0 Å². The molecule has 3 heteroatoms. The Labute approximate surface area is 83.7 Å². The molecule has 0 fully saturated rings. The Kier molecular flexibility index (Phi) is 3.90. The highest BCUT2D eigenvalue weighted by molar-refractivity contribution is 6.28. The molecule has 1 rings (SSSR count). The fourth-order valence-corrected chi connectivity index (χ4v) is 1.18. The lowest BCUT2D eigenvalue weighted by Gasteiger charge is -1.97. The number of nitrogens with zero attached hydrogens (tertiary/aromatic N) is 2. The topological polar surface area (TPSA) is 25.8 Å². The average Bonchev–Trinajstić information content (AvgIpc) is 2.03. The van der Waals surface area contributed by atoms with Crippen molar-refractivity contribution in [1.82, 2.24) is 9.97 Å². The molecule has 0 saturated heterocycles. The lowest BCUT2D eigenvalue weighted by Crippen LogP contribution is -1.90. The van der Waals surface area contributed by atoms with Gasteiger partial charge in [0, 0.05) is 11.9 Å². The summed E-state index contributed by atoms with van der Waals surface area (Å²) in [7, 11) is 0. The van der Waals surface area contributed by atoms with E-state index in [2.05, 4.69) is 29.9 Å². The first kappa shape index (κ1) is 10.2. The maximum absolute atomic E-state index is 5.65. The molecule has 0 N–H and O–H groups in total. The van der Waals surface area contributed by atoms with Gasteiger partial charge in [0.05, 0.1) is 0 Å². The Morgan fingerprint density at radius 3 is 2.92 bits per heavy atom. The summed E-state index contributed by atoms with van der Waals surface area (Å²) in [5.41, 5.74) is 2.33. The van der Waals surface area contributed by atoms with Crippen LogP contribution in [0.3, 0.4) is 0 Å². The van der Waals surface area contributed by atoms with E-state index in [4.69, 9.17) is 11.6 Å². The molecule has 0 aromatic carbocycles. The van der Waals surface area contributed by atoms with Gasteiger partial charge in [-0.15, -0.1) is 0 Å². The van der Waals surface area contributed by atoms with Crippen molar-refractivity contribution in [3.8, 4) is 0 Å². The minimum absolute atomic E-state index is 0.328. The molecular weight excluding hydrogens is 184 g/mol. The quantitative estimate of drug-likeness (QED) is 0.549. The number of hydrogen-bond acceptors (Lipinski definition) is 2. The van der Waals surface area contributed by atoms with Gasteiger partial charge in [-0.25, -0.2) is 9.97 Å². The number of allylic oxidation sites excluding steroid dienone is 2. The molecule has 1 aromatic rings. The fourth-order valence-electron chi connectivity index (χ4n) is 1.02. The summed E-state index contributed by atoms with van der Waals surface area (Å²) in [4.78, 5) is 7.92. The second-order valence-corrected chi connectivity index (χ2v) is 3.48. The van der Waals surface area contributed by atoms with Crippen LogP contribution in [-0.2, 0) is 6.42 Å². The number of aryl methyl sites for hydroxylation is 1. The first-order chi connectivity index (χ1) is 6.18. The standard InChI is InChI=1S/C10H13ClN2/c1-8(2)4-3-5-9-6-7-12-10(11)13-9/h4,6-7H,3,5H2,1-2H3. The van der Waals surface area contributed by atoms with E-state index < -0.39 is 0 Å². The lowest BCUT2D eigenvalue weighted by molar-refractivity contribution is 0.920. The van der Waals surface area contributed by atoms with Gasteiger partial charge >= 0.3 is 0 Å². The minimum Gasteiger partial charge on any atom is -0.227 e. The molecule has 0 atom stereocenters. The Morgan fingerprint density at radius 2 is 2.31 bits per heavy atom. The SMILES string of the molecule is CC(C)=CCCc1ccnc(Cl)n1. The summed E-state index contributed by atoms with van der Waals surface area (Å²) >= 11 is 5.65. The van der Waals surface area contributed by atoms with Gasteiger partial charge in [0.1, 0.15) is 0 Å². The third-order valence-corrected chi connectivity index (χ3v) is 1.82. The number of rotatable bonds is 3. The number of aromatic nitrogens is 2. The van der Waals surface area contributed by atoms with E-state index in [1.807, 2.05) is 6.07 Å². The third-order valence-electron chi connectivity index (χ3n) is 1.64. The highest BCUT2D eigenvalue weighted by Gasteiger charge is 1.94. The molecule has 0 aliphatic carbocycles. The summed E-state index contributed by atoms with van der Waals surface area (Å²) in [6, 6.07) is 1.89. The zero-order valence-corrected chi connectivity index (χ0v) is 8.67. The van der Waals surface area contributed by atoms with Crippen molar-refractivity contribution in [3.63, 3.8) is 0 Å². The van der Waals surface area contributed by atoms with Gasteiger partial charge in [0.25, 0.3) is 0 Å². The van der Waals surface area contributed by atoms with E-state index in [9.17, 15) is 0 Å². The Balaban J connectivity index is 2.50. The molecular formula is C10H13ClN2. The van der Waals surface area contributed by atoms with E-state index in [0.717, 1.165) is 18.5 Å². The summed E-state index contributed by atoms with van der Waals surface area (Å²) in [5, 5.41) is 0.328. The molecule has 0 bridgehead atoms. The molecule has 0 saturated carbocycles. The normalized spacial score (nSPS) is 9.77. The predicted molar refractivity (Wildman–Crippen MR) is 54.8 cm³/mol. The van der Waals surface area contributed by atoms with Crippen LogP contribution in [0.2, 0.25) is 5.28 Å². The molecule has 0 aliphatic heterocycles. The largest absolute Gasteiger partial charge is 0.227 e. The maximum atomic E-state index is 5.65. The summed E-state index contributed by atoms with van der Waals surface area (Å²) < 4.78 is 0. The van der Waals surface area contributed by atoms with E-state index in [1.165, 1.54) is 5.57 Å². The highest BCUT2D eigenvalue weighted by Crippen LogP contribution is 2.04. The van der Waals surface area contributed by atoms with Crippen molar-refractivity contribution in [1.29, 1.82) is 0 Å². The minimum atomic E-state index is 0.328. The van der Waals surface area contributed by atoms with Gasteiger partial charge in [-0.1, -0.05) is 11.6 Å². The average molecular weight is 197 g/mol. The monoisotopic (exact) mass is 196 g/mol. The summed E-state index contributed by atoms with van der Waals surface area (Å²) in [6.45, 7) is 4.18. The molecule has 0 spiro atoms. The molecule has 1 heterocycles. The molecule has 0 unspecified atom stereocenters. The van der Waals surface area contributed by atoms with Gasteiger partial charge < -0.3 is 0 Å². The maximum Gasteiger partial charge on any atom is 0.222 e. The van der Waals surface area contributed by atoms with Crippen molar-refractivity contribution in [2.24, 2.45) is 0 Å². The second-order valence-electron chi connectivity index (χ2n) is 3.14. The van der Waals surface area contributed by atoms with Crippen LogP contribution in [0.1, 0.15) is 26.0 Å². The first-order valence-electron chi connectivity index (χ1n) is 4.29. The van der Waals surface area contributed by atoms with Crippen molar-refractivity contribution in [2.75, 3.05) is 0 Å². The summed E-state index contributed by atoms with van der Waals surface area (Å²) in [5.74, 6) is 0. The molecule has 0 aliphatic rings. The van der Waals surface area contributed by atoms with Crippen LogP contribution in [-0.4, -0.2) is 9.97 Å². The van der Waals surface area contributed by atoms with Crippen LogP contribution in [0.4, 0.5) is 0 Å². The Morgan fingerprint density at radius 1 is 1.54 bits per heavy atom. The third kappa shape index (κ3) is 4.04. The first-order valence-corrected chi connectivity index (χ1v) is 4.67. The van der Waals surface area contributed by atoms with Crippen molar-refractivity contribution in [3.05, 3.63) is 34.9 Å². The van der Waals surface area contributed by atoms with E-state index >= 15 is 0 Å². The smallest absolute Gasteiger partial charge is 0.222 e. The van der Waals surface area contributed by atoms with Crippen LogP contribution in [0.15, 0.2) is 23.9 Å².